The Hall–Kier alpha value is -2.82. The molecule has 5 nitrogen and oxygen atoms in total. The monoisotopic (exact) mass is 283 g/mol. The van der Waals surface area contributed by atoms with Crippen LogP contribution in [0, 0.1) is 13.8 Å². The second-order valence-corrected chi connectivity index (χ2v) is 4.67. The quantitative estimate of drug-likeness (QED) is 0.668. The van der Waals surface area contributed by atoms with Gasteiger partial charge in [-0.3, -0.25) is 0 Å². The average molecular weight is 283 g/mol. The standard InChI is InChI=1S/C16H17N3O2/c1-11-3-4-12(2)15(9-11)21-14-7-5-13(6-8-14)10-18-19-16(17)20/h3-10H,1-2H3,(H3,17,19,20)/b18-10+. The summed E-state index contributed by atoms with van der Waals surface area (Å²) in [7, 11) is 0. The summed E-state index contributed by atoms with van der Waals surface area (Å²) >= 11 is 0. The fraction of sp³-hybridized carbons (Fsp3) is 0.125. The van der Waals surface area contributed by atoms with E-state index < -0.39 is 6.03 Å². The first kappa shape index (κ1) is 14.6. The lowest BCUT2D eigenvalue weighted by molar-refractivity contribution is 0.249. The molecule has 0 saturated heterocycles. The van der Waals surface area contributed by atoms with Gasteiger partial charge in [0.1, 0.15) is 11.5 Å². The number of aryl methyl sites for hydroxylation is 2. The van der Waals surface area contributed by atoms with Crippen LogP contribution in [-0.2, 0) is 0 Å². The number of nitrogens with two attached hydrogens (primary N) is 1. The molecule has 0 fully saturated rings. The van der Waals surface area contributed by atoms with Crippen molar-refractivity contribution in [3.8, 4) is 11.5 Å². The van der Waals surface area contributed by atoms with E-state index in [1.54, 1.807) is 0 Å². The minimum atomic E-state index is -0.693. The molecule has 108 valence electrons. The summed E-state index contributed by atoms with van der Waals surface area (Å²) in [5.74, 6) is 1.58. The number of nitrogens with zero attached hydrogens (tertiary/aromatic N) is 1. The number of nitrogens with one attached hydrogen (secondary N) is 1. The van der Waals surface area contributed by atoms with Crippen molar-refractivity contribution in [3.05, 3.63) is 59.2 Å². The number of carbonyl (C=O) groups is 1. The van der Waals surface area contributed by atoms with Crippen molar-refractivity contribution in [2.45, 2.75) is 13.8 Å². The van der Waals surface area contributed by atoms with Crippen molar-refractivity contribution in [3.63, 3.8) is 0 Å². The summed E-state index contributed by atoms with van der Waals surface area (Å²) < 4.78 is 5.85. The van der Waals surface area contributed by atoms with Crippen molar-refractivity contribution in [2.24, 2.45) is 10.8 Å². The molecule has 2 amide bonds. The Bertz CT molecular complexity index is 664. The molecule has 0 unspecified atom stereocenters. The van der Waals surface area contributed by atoms with Gasteiger partial charge in [-0.1, -0.05) is 12.1 Å². The summed E-state index contributed by atoms with van der Waals surface area (Å²) in [4.78, 5) is 10.5. The highest BCUT2D eigenvalue weighted by atomic mass is 16.5. The normalized spacial score (nSPS) is 10.6. The zero-order chi connectivity index (χ0) is 15.2. The predicted molar refractivity (Wildman–Crippen MR) is 82.7 cm³/mol. The van der Waals surface area contributed by atoms with Crippen LogP contribution in [0.15, 0.2) is 47.6 Å². The Balaban J connectivity index is 2.07. The van der Waals surface area contributed by atoms with Crippen LogP contribution >= 0.6 is 0 Å². The van der Waals surface area contributed by atoms with E-state index in [-0.39, 0.29) is 0 Å². The lowest BCUT2D eigenvalue weighted by Gasteiger charge is -2.09. The number of urea groups is 1. The van der Waals surface area contributed by atoms with Crippen LogP contribution in [0.1, 0.15) is 16.7 Å². The summed E-state index contributed by atoms with van der Waals surface area (Å²) in [6, 6.07) is 12.7. The molecule has 0 aromatic heterocycles. The van der Waals surface area contributed by atoms with Crippen molar-refractivity contribution in [1.82, 2.24) is 5.43 Å². The van der Waals surface area contributed by atoms with E-state index in [2.05, 4.69) is 10.5 Å². The minimum absolute atomic E-state index is 0.693. The van der Waals surface area contributed by atoms with E-state index in [9.17, 15) is 4.79 Å². The maximum absolute atomic E-state index is 10.5. The summed E-state index contributed by atoms with van der Waals surface area (Å²) in [6.45, 7) is 4.03. The van der Waals surface area contributed by atoms with Crippen LogP contribution < -0.4 is 15.9 Å². The molecular weight excluding hydrogens is 266 g/mol. The molecule has 0 atom stereocenters. The first-order valence-corrected chi connectivity index (χ1v) is 6.48. The number of ether oxygens (including phenoxy) is 1. The van der Waals surface area contributed by atoms with Crippen LogP contribution in [0.3, 0.4) is 0 Å². The van der Waals surface area contributed by atoms with Crippen LogP contribution in [0.4, 0.5) is 4.79 Å². The Morgan fingerprint density at radius 1 is 1.19 bits per heavy atom. The Morgan fingerprint density at radius 2 is 1.90 bits per heavy atom. The van der Waals surface area contributed by atoms with E-state index in [4.69, 9.17) is 10.5 Å². The van der Waals surface area contributed by atoms with Gasteiger partial charge in [-0.05, 0) is 60.9 Å². The van der Waals surface area contributed by atoms with Gasteiger partial charge >= 0.3 is 6.03 Å². The second-order valence-electron chi connectivity index (χ2n) is 4.67. The highest BCUT2D eigenvalue weighted by molar-refractivity contribution is 5.81. The number of hydrazone groups is 1. The van der Waals surface area contributed by atoms with Crippen LogP contribution in [0.25, 0.3) is 0 Å². The third-order valence-electron chi connectivity index (χ3n) is 2.84. The lowest BCUT2D eigenvalue weighted by atomic mass is 10.1. The molecule has 0 radical (unpaired) electrons. The van der Waals surface area contributed by atoms with Crippen molar-refractivity contribution < 1.29 is 9.53 Å². The molecule has 3 N–H and O–H groups in total. The SMILES string of the molecule is Cc1ccc(C)c(Oc2ccc(/C=N/NC(N)=O)cc2)c1. The third kappa shape index (κ3) is 4.35. The van der Waals surface area contributed by atoms with Gasteiger partial charge in [0.2, 0.25) is 0 Å². The van der Waals surface area contributed by atoms with Crippen molar-refractivity contribution >= 4 is 12.2 Å². The molecule has 0 aliphatic heterocycles. The highest BCUT2D eigenvalue weighted by Crippen LogP contribution is 2.25. The highest BCUT2D eigenvalue weighted by Gasteiger charge is 2.02. The lowest BCUT2D eigenvalue weighted by Crippen LogP contribution is -2.24. The molecular formula is C16H17N3O2. The molecule has 5 heteroatoms. The second kappa shape index (κ2) is 6.56. The molecule has 0 spiro atoms. The Labute approximate surface area is 123 Å². The number of rotatable bonds is 4. The Kier molecular flexibility index (Phi) is 4.56. The molecule has 21 heavy (non-hydrogen) atoms. The van der Waals surface area contributed by atoms with E-state index in [1.165, 1.54) is 6.21 Å². The number of hydrogen-bond acceptors (Lipinski definition) is 3. The van der Waals surface area contributed by atoms with E-state index in [0.29, 0.717) is 0 Å². The number of carbonyl (C=O) groups excluding carboxylic acids is 1. The van der Waals surface area contributed by atoms with Crippen molar-refractivity contribution in [2.75, 3.05) is 0 Å². The van der Waals surface area contributed by atoms with Crippen molar-refractivity contribution in [1.29, 1.82) is 0 Å². The summed E-state index contributed by atoms with van der Waals surface area (Å²) in [5.41, 5.74) is 10.1. The maximum atomic E-state index is 10.5. The topological polar surface area (TPSA) is 76.7 Å². The number of primary amides is 1. The van der Waals surface area contributed by atoms with Crippen LogP contribution in [0.2, 0.25) is 0 Å². The summed E-state index contributed by atoms with van der Waals surface area (Å²) in [6.07, 6.45) is 1.51. The molecule has 0 bridgehead atoms. The summed E-state index contributed by atoms with van der Waals surface area (Å²) in [5, 5.41) is 3.69. The van der Waals surface area contributed by atoms with Crippen LogP contribution in [0.5, 0.6) is 11.5 Å². The average Bonchev–Trinajstić information content (AvgIpc) is 2.44. The number of hydrogen-bond donors (Lipinski definition) is 2. The molecule has 0 heterocycles. The molecule has 0 aliphatic carbocycles. The smallest absolute Gasteiger partial charge is 0.332 e. The molecule has 0 aliphatic rings. The van der Waals surface area contributed by atoms with Gasteiger partial charge in [0.15, 0.2) is 0 Å². The van der Waals surface area contributed by atoms with E-state index in [0.717, 1.165) is 28.2 Å². The first-order chi connectivity index (χ1) is 10.0. The zero-order valence-electron chi connectivity index (χ0n) is 12.0. The van der Waals surface area contributed by atoms with Gasteiger partial charge in [0, 0.05) is 0 Å². The number of amides is 2. The molecule has 2 aromatic carbocycles. The molecule has 2 aromatic rings. The predicted octanol–water partition coefficient (Wildman–Crippen LogP) is 3.10. The van der Waals surface area contributed by atoms with Gasteiger partial charge in [-0.2, -0.15) is 5.10 Å². The van der Waals surface area contributed by atoms with Crippen LogP contribution in [-0.4, -0.2) is 12.2 Å². The van der Waals surface area contributed by atoms with Gasteiger partial charge in [0.25, 0.3) is 0 Å². The third-order valence-corrected chi connectivity index (χ3v) is 2.84. The zero-order valence-corrected chi connectivity index (χ0v) is 12.0. The molecule has 0 saturated carbocycles. The minimum Gasteiger partial charge on any atom is -0.457 e. The Morgan fingerprint density at radius 3 is 2.57 bits per heavy atom. The van der Waals surface area contributed by atoms with Gasteiger partial charge in [0.05, 0.1) is 6.21 Å². The van der Waals surface area contributed by atoms with Gasteiger partial charge in [-0.25, -0.2) is 10.2 Å². The molecule has 2 rings (SSSR count). The van der Waals surface area contributed by atoms with Gasteiger partial charge < -0.3 is 10.5 Å². The first-order valence-electron chi connectivity index (χ1n) is 6.48. The fourth-order valence-corrected chi connectivity index (χ4v) is 1.74. The fourth-order valence-electron chi connectivity index (χ4n) is 1.74. The van der Waals surface area contributed by atoms with Gasteiger partial charge in [-0.15, -0.1) is 0 Å². The maximum Gasteiger partial charge on any atom is 0.332 e. The van der Waals surface area contributed by atoms with E-state index in [1.807, 2.05) is 56.3 Å². The largest absolute Gasteiger partial charge is 0.457 e. The van der Waals surface area contributed by atoms with E-state index >= 15 is 0 Å². The number of benzene rings is 2.